The molecule has 0 bridgehead atoms. The van der Waals surface area contributed by atoms with Gasteiger partial charge in [-0.25, -0.2) is 4.79 Å². The van der Waals surface area contributed by atoms with Crippen molar-refractivity contribution in [1.29, 1.82) is 0 Å². The summed E-state index contributed by atoms with van der Waals surface area (Å²) in [7, 11) is 0. The predicted octanol–water partition coefficient (Wildman–Crippen LogP) is 5.93. The van der Waals surface area contributed by atoms with E-state index in [1.807, 2.05) is 78.9 Å². The Hall–Kier alpha value is -3.70. The summed E-state index contributed by atoms with van der Waals surface area (Å²) in [5, 5.41) is 3.68. The lowest BCUT2D eigenvalue weighted by molar-refractivity contribution is 0.134. The molecule has 0 spiro atoms. The second kappa shape index (κ2) is 10.6. The lowest BCUT2D eigenvalue weighted by atomic mass is 9.83. The van der Waals surface area contributed by atoms with Gasteiger partial charge >= 0.3 is 6.09 Å². The smallest absolute Gasteiger partial charge is 0.407 e. The van der Waals surface area contributed by atoms with E-state index in [1.54, 1.807) is 24.8 Å². The Balaban J connectivity index is 1.67. The number of ether oxygens (including phenoxy) is 1. The van der Waals surface area contributed by atoms with Crippen LogP contribution in [0.1, 0.15) is 34.2 Å². The molecule has 1 N–H and O–H groups in total. The van der Waals surface area contributed by atoms with Crippen LogP contribution in [0.5, 0.6) is 0 Å². The highest BCUT2D eigenvalue weighted by Gasteiger charge is 2.29. The number of aromatic nitrogens is 2. The van der Waals surface area contributed by atoms with E-state index in [1.165, 1.54) is 0 Å². The molecule has 2 heterocycles. The number of amides is 1. The molecule has 6 heteroatoms. The third-order valence-electron chi connectivity index (χ3n) is 5.14. The maximum atomic E-state index is 12.8. The Labute approximate surface area is 192 Å². The number of rotatable bonds is 7. The molecule has 4 aromatic rings. The topological polar surface area (TPSA) is 64.1 Å². The summed E-state index contributed by atoms with van der Waals surface area (Å²) < 4.78 is 5.52. The monoisotopic (exact) mass is 443 g/mol. The van der Waals surface area contributed by atoms with Crippen LogP contribution in [0.15, 0.2) is 104 Å². The van der Waals surface area contributed by atoms with E-state index < -0.39 is 12.1 Å². The third kappa shape index (κ3) is 5.50. The first-order chi connectivity index (χ1) is 15.7. The fraction of sp³-hybridized carbons (Fsp3) is 0.115. The standard InChI is InChI=1S/C26H22ClN3O2/c27-23-12-10-20(11-13-23)25(30-26(31)32-18-19-6-2-1-3-7-19)24(21-8-4-14-28-16-21)22-9-5-15-29-17-22/h1-17,24-25H,18H2,(H,30,31). The van der Waals surface area contributed by atoms with Gasteiger partial charge in [-0.1, -0.05) is 66.2 Å². The molecule has 0 saturated heterocycles. The highest BCUT2D eigenvalue weighted by molar-refractivity contribution is 6.30. The molecule has 0 aliphatic rings. The van der Waals surface area contributed by atoms with Gasteiger partial charge in [-0.15, -0.1) is 0 Å². The molecule has 4 rings (SSSR count). The number of halogens is 1. The third-order valence-corrected chi connectivity index (χ3v) is 5.39. The molecule has 1 amide bonds. The Bertz CT molecular complexity index is 1080. The van der Waals surface area contributed by atoms with Crippen molar-refractivity contribution < 1.29 is 9.53 Å². The molecule has 0 radical (unpaired) electrons. The Morgan fingerprint density at radius 2 is 1.44 bits per heavy atom. The van der Waals surface area contributed by atoms with Gasteiger partial charge in [-0.3, -0.25) is 9.97 Å². The molecule has 160 valence electrons. The van der Waals surface area contributed by atoms with Crippen LogP contribution in [0.3, 0.4) is 0 Å². The molecule has 1 atom stereocenters. The summed E-state index contributed by atoms with van der Waals surface area (Å²) in [6, 6.07) is 24.3. The van der Waals surface area contributed by atoms with Gasteiger partial charge in [0, 0.05) is 35.7 Å². The van der Waals surface area contributed by atoms with Gasteiger partial charge in [-0.05, 0) is 46.5 Å². The van der Waals surface area contributed by atoms with Crippen LogP contribution in [-0.2, 0) is 11.3 Å². The van der Waals surface area contributed by atoms with Crippen molar-refractivity contribution in [2.24, 2.45) is 0 Å². The maximum absolute atomic E-state index is 12.8. The summed E-state index contributed by atoms with van der Waals surface area (Å²) in [6.45, 7) is 0.185. The average Bonchev–Trinajstić information content (AvgIpc) is 2.85. The SMILES string of the molecule is O=C(NC(c1ccc(Cl)cc1)C(c1cccnc1)c1cccnc1)OCc1ccccc1. The van der Waals surface area contributed by atoms with Crippen LogP contribution >= 0.6 is 11.6 Å². The number of carbonyl (C=O) groups is 1. The minimum Gasteiger partial charge on any atom is -0.445 e. The van der Waals surface area contributed by atoms with E-state index in [0.717, 1.165) is 22.3 Å². The minimum absolute atomic E-state index is 0.185. The summed E-state index contributed by atoms with van der Waals surface area (Å²) in [6.07, 6.45) is 6.55. The molecule has 32 heavy (non-hydrogen) atoms. The van der Waals surface area contributed by atoms with Crippen molar-refractivity contribution in [3.05, 3.63) is 131 Å². The van der Waals surface area contributed by atoms with E-state index >= 15 is 0 Å². The molecule has 5 nitrogen and oxygen atoms in total. The van der Waals surface area contributed by atoms with E-state index in [4.69, 9.17) is 16.3 Å². The van der Waals surface area contributed by atoms with E-state index in [9.17, 15) is 4.79 Å². The van der Waals surface area contributed by atoms with E-state index in [-0.39, 0.29) is 12.5 Å². The van der Waals surface area contributed by atoms with Crippen molar-refractivity contribution in [2.45, 2.75) is 18.6 Å². The maximum Gasteiger partial charge on any atom is 0.407 e. The van der Waals surface area contributed by atoms with Crippen molar-refractivity contribution in [2.75, 3.05) is 0 Å². The predicted molar refractivity (Wildman–Crippen MR) is 124 cm³/mol. The number of hydrogen-bond donors (Lipinski definition) is 1. The fourth-order valence-electron chi connectivity index (χ4n) is 3.62. The number of benzene rings is 2. The zero-order valence-electron chi connectivity index (χ0n) is 17.3. The normalized spacial score (nSPS) is 11.7. The van der Waals surface area contributed by atoms with Gasteiger partial charge in [0.1, 0.15) is 6.61 Å². The van der Waals surface area contributed by atoms with Crippen molar-refractivity contribution in [1.82, 2.24) is 15.3 Å². The van der Waals surface area contributed by atoms with Crippen molar-refractivity contribution in [3.8, 4) is 0 Å². The van der Waals surface area contributed by atoms with Crippen LogP contribution in [0.25, 0.3) is 0 Å². The van der Waals surface area contributed by atoms with E-state index in [2.05, 4.69) is 15.3 Å². The van der Waals surface area contributed by atoms with Gasteiger partial charge in [0.05, 0.1) is 6.04 Å². The summed E-state index contributed by atoms with van der Waals surface area (Å²) in [5.41, 5.74) is 3.71. The van der Waals surface area contributed by atoms with Crippen LogP contribution in [0.2, 0.25) is 5.02 Å². The van der Waals surface area contributed by atoms with Gasteiger partial charge in [0.25, 0.3) is 0 Å². The molecule has 0 aliphatic heterocycles. The average molecular weight is 444 g/mol. The van der Waals surface area contributed by atoms with Crippen molar-refractivity contribution >= 4 is 17.7 Å². The number of pyridine rings is 2. The lowest BCUT2D eigenvalue weighted by Crippen LogP contribution is -2.33. The molecular weight excluding hydrogens is 422 g/mol. The van der Waals surface area contributed by atoms with E-state index in [0.29, 0.717) is 5.02 Å². The molecule has 0 saturated carbocycles. The molecule has 1 unspecified atom stereocenters. The molecule has 0 fully saturated rings. The first-order valence-electron chi connectivity index (χ1n) is 10.2. The Kier molecular flexibility index (Phi) is 7.10. The number of hydrogen-bond acceptors (Lipinski definition) is 4. The Morgan fingerprint density at radius 3 is 2.00 bits per heavy atom. The Morgan fingerprint density at radius 1 is 0.812 bits per heavy atom. The number of nitrogens with zero attached hydrogens (tertiary/aromatic N) is 2. The molecule has 2 aromatic carbocycles. The number of nitrogens with one attached hydrogen (secondary N) is 1. The first kappa shape index (κ1) is 21.5. The van der Waals surface area contributed by atoms with Crippen molar-refractivity contribution in [3.63, 3.8) is 0 Å². The minimum atomic E-state index is -0.508. The summed E-state index contributed by atoms with van der Waals surface area (Å²) in [4.78, 5) is 21.4. The molecule has 2 aromatic heterocycles. The first-order valence-corrected chi connectivity index (χ1v) is 10.6. The van der Waals surface area contributed by atoms with Crippen LogP contribution in [-0.4, -0.2) is 16.1 Å². The number of alkyl carbamates (subject to hydrolysis) is 1. The van der Waals surface area contributed by atoms with Gasteiger partial charge in [0.15, 0.2) is 0 Å². The molecule has 0 aliphatic carbocycles. The fourth-order valence-corrected chi connectivity index (χ4v) is 3.74. The second-order valence-electron chi connectivity index (χ2n) is 7.29. The zero-order chi connectivity index (χ0) is 22.2. The summed E-state index contributed by atoms with van der Waals surface area (Å²) in [5.74, 6) is -0.233. The quantitative estimate of drug-likeness (QED) is 0.384. The zero-order valence-corrected chi connectivity index (χ0v) is 18.0. The van der Waals surface area contributed by atoms with Crippen LogP contribution in [0.4, 0.5) is 4.79 Å². The number of carbonyl (C=O) groups excluding carboxylic acids is 1. The second-order valence-corrected chi connectivity index (χ2v) is 7.72. The lowest BCUT2D eigenvalue weighted by Gasteiger charge is -2.29. The van der Waals surface area contributed by atoms with Gasteiger partial charge < -0.3 is 10.1 Å². The highest BCUT2D eigenvalue weighted by atomic mass is 35.5. The van der Waals surface area contributed by atoms with Gasteiger partial charge in [-0.2, -0.15) is 0 Å². The highest BCUT2D eigenvalue weighted by Crippen LogP contribution is 2.36. The van der Waals surface area contributed by atoms with Crippen LogP contribution < -0.4 is 5.32 Å². The van der Waals surface area contributed by atoms with Crippen LogP contribution in [0, 0.1) is 0 Å². The van der Waals surface area contributed by atoms with Gasteiger partial charge in [0.2, 0.25) is 0 Å². The largest absolute Gasteiger partial charge is 0.445 e. The molecular formula is C26H22ClN3O2. The summed E-state index contributed by atoms with van der Waals surface area (Å²) >= 11 is 6.12.